The number of nitrogen functional groups attached to an aromatic ring is 1. The highest BCUT2D eigenvalue weighted by molar-refractivity contribution is 5.74. The number of hydrogen-bond acceptors (Lipinski definition) is 2. The van der Waals surface area contributed by atoms with Crippen LogP contribution in [0, 0.1) is 5.92 Å². The third-order valence-corrected chi connectivity index (χ3v) is 4.20. The molecule has 0 aliphatic carbocycles. The molecular weight excluding hydrogens is 250 g/mol. The summed E-state index contributed by atoms with van der Waals surface area (Å²) in [5, 5.41) is 0. The van der Waals surface area contributed by atoms with E-state index in [9.17, 15) is 4.79 Å². The van der Waals surface area contributed by atoms with Crippen molar-refractivity contribution < 1.29 is 4.79 Å². The molecule has 2 N–H and O–H groups in total. The van der Waals surface area contributed by atoms with E-state index in [1.54, 1.807) is 0 Å². The van der Waals surface area contributed by atoms with Crippen LogP contribution in [0.5, 0.6) is 0 Å². The lowest BCUT2D eigenvalue weighted by molar-refractivity contribution is 0.128. The first-order valence-electron chi connectivity index (χ1n) is 7.36. The van der Waals surface area contributed by atoms with Crippen molar-refractivity contribution in [3.63, 3.8) is 0 Å². The predicted octanol–water partition coefficient (Wildman–Crippen LogP) is 3.11. The van der Waals surface area contributed by atoms with Crippen LogP contribution in [0.1, 0.15) is 38.3 Å². The van der Waals surface area contributed by atoms with Crippen molar-refractivity contribution in [1.82, 2.24) is 9.80 Å². The van der Waals surface area contributed by atoms with Crippen LogP contribution in [0.4, 0.5) is 10.5 Å². The Balaban J connectivity index is 2.06. The smallest absolute Gasteiger partial charge is 0.320 e. The highest BCUT2D eigenvalue weighted by Gasteiger charge is 2.26. The average molecular weight is 275 g/mol. The molecule has 0 aromatic heterocycles. The van der Waals surface area contributed by atoms with Crippen LogP contribution in [0.3, 0.4) is 0 Å². The van der Waals surface area contributed by atoms with Crippen LogP contribution in [0.2, 0.25) is 0 Å². The number of amides is 2. The fraction of sp³-hybridized carbons (Fsp3) is 0.562. The Morgan fingerprint density at radius 1 is 1.50 bits per heavy atom. The van der Waals surface area contributed by atoms with E-state index in [0.29, 0.717) is 5.92 Å². The molecule has 0 spiro atoms. The summed E-state index contributed by atoms with van der Waals surface area (Å²) in [6.07, 6.45) is 2.33. The minimum atomic E-state index is 0.0308. The normalized spacial score (nSPS) is 20.6. The molecule has 4 nitrogen and oxygen atoms in total. The van der Waals surface area contributed by atoms with Gasteiger partial charge in [-0.1, -0.05) is 19.1 Å². The molecule has 1 saturated heterocycles. The third kappa shape index (κ3) is 3.24. The maximum absolute atomic E-state index is 12.6. The zero-order valence-corrected chi connectivity index (χ0v) is 12.7. The number of nitrogens with zero attached hydrogens (tertiary/aromatic N) is 2. The van der Waals surface area contributed by atoms with Gasteiger partial charge in [0.2, 0.25) is 0 Å². The second-order valence-electron chi connectivity index (χ2n) is 5.93. The number of urea groups is 1. The van der Waals surface area contributed by atoms with Crippen LogP contribution in [-0.4, -0.2) is 36.0 Å². The molecule has 0 bridgehead atoms. The Hall–Kier alpha value is -1.71. The summed E-state index contributed by atoms with van der Waals surface area (Å²) >= 11 is 0. The van der Waals surface area contributed by atoms with E-state index in [0.717, 1.165) is 30.8 Å². The van der Waals surface area contributed by atoms with Gasteiger partial charge in [-0.05, 0) is 43.4 Å². The van der Waals surface area contributed by atoms with Crippen molar-refractivity contribution in [2.24, 2.45) is 5.92 Å². The lowest BCUT2D eigenvalue weighted by Gasteiger charge is -2.36. The molecule has 0 saturated carbocycles. The molecule has 1 aromatic rings. The van der Waals surface area contributed by atoms with E-state index in [1.165, 1.54) is 6.42 Å². The van der Waals surface area contributed by atoms with Crippen molar-refractivity contribution in [3.8, 4) is 0 Å². The van der Waals surface area contributed by atoms with Gasteiger partial charge in [-0.25, -0.2) is 4.79 Å². The second kappa shape index (κ2) is 6.16. The van der Waals surface area contributed by atoms with E-state index in [1.807, 2.05) is 48.0 Å². The topological polar surface area (TPSA) is 49.6 Å². The van der Waals surface area contributed by atoms with Gasteiger partial charge in [0.05, 0.1) is 6.04 Å². The van der Waals surface area contributed by atoms with Gasteiger partial charge in [0, 0.05) is 25.8 Å². The van der Waals surface area contributed by atoms with E-state index in [4.69, 9.17) is 5.73 Å². The number of piperidine rings is 1. The van der Waals surface area contributed by atoms with Crippen molar-refractivity contribution in [3.05, 3.63) is 29.8 Å². The quantitative estimate of drug-likeness (QED) is 0.843. The van der Waals surface area contributed by atoms with Gasteiger partial charge in [-0.3, -0.25) is 0 Å². The van der Waals surface area contributed by atoms with E-state index in [2.05, 4.69) is 6.92 Å². The van der Waals surface area contributed by atoms with Gasteiger partial charge < -0.3 is 15.5 Å². The van der Waals surface area contributed by atoms with Crippen LogP contribution < -0.4 is 5.73 Å². The number of carbonyl (C=O) groups excluding carboxylic acids is 1. The van der Waals surface area contributed by atoms with Crippen LogP contribution in [-0.2, 0) is 0 Å². The summed E-state index contributed by atoms with van der Waals surface area (Å²) in [6.45, 7) is 5.99. The molecule has 1 aliphatic heterocycles. The van der Waals surface area contributed by atoms with E-state index < -0.39 is 0 Å². The average Bonchev–Trinajstić information content (AvgIpc) is 2.45. The lowest BCUT2D eigenvalue weighted by atomic mass is 10.0. The fourth-order valence-electron chi connectivity index (χ4n) is 2.79. The first kappa shape index (κ1) is 14.7. The van der Waals surface area contributed by atoms with Gasteiger partial charge in [0.1, 0.15) is 0 Å². The molecule has 0 radical (unpaired) electrons. The molecule has 2 atom stereocenters. The van der Waals surface area contributed by atoms with Gasteiger partial charge in [-0.2, -0.15) is 0 Å². The van der Waals surface area contributed by atoms with Crippen LogP contribution in [0.15, 0.2) is 24.3 Å². The van der Waals surface area contributed by atoms with Crippen LogP contribution in [0.25, 0.3) is 0 Å². The molecule has 2 rings (SSSR count). The minimum Gasteiger partial charge on any atom is -0.399 e. The van der Waals surface area contributed by atoms with Crippen molar-refractivity contribution in [2.75, 3.05) is 25.9 Å². The third-order valence-electron chi connectivity index (χ3n) is 4.20. The van der Waals surface area contributed by atoms with Crippen molar-refractivity contribution in [2.45, 2.75) is 32.7 Å². The number of likely N-dealkylation sites (tertiary alicyclic amines) is 1. The highest BCUT2D eigenvalue weighted by atomic mass is 16.2. The molecule has 4 heteroatoms. The Bertz CT molecular complexity index is 475. The molecule has 2 unspecified atom stereocenters. The molecule has 1 fully saturated rings. The maximum Gasteiger partial charge on any atom is 0.320 e. The van der Waals surface area contributed by atoms with Gasteiger partial charge >= 0.3 is 6.03 Å². The Labute approximate surface area is 121 Å². The largest absolute Gasteiger partial charge is 0.399 e. The monoisotopic (exact) mass is 275 g/mol. The first-order chi connectivity index (χ1) is 9.49. The number of hydrogen-bond donors (Lipinski definition) is 1. The number of carbonyl (C=O) groups is 1. The fourth-order valence-corrected chi connectivity index (χ4v) is 2.79. The van der Waals surface area contributed by atoms with Crippen molar-refractivity contribution >= 4 is 11.7 Å². The highest BCUT2D eigenvalue weighted by Crippen LogP contribution is 2.23. The van der Waals surface area contributed by atoms with Crippen molar-refractivity contribution in [1.29, 1.82) is 0 Å². The number of benzene rings is 1. The summed E-state index contributed by atoms with van der Waals surface area (Å²) < 4.78 is 0. The number of anilines is 1. The summed E-state index contributed by atoms with van der Waals surface area (Å²) in [7, 11) is 1.87. The molecule has 110 valence electrons. The second-order valence-corrected chi connectivity index (χ2v) is 5.93. The Morgan fingerprint density at radius 2 is 2.25 bits per heavy atom. The zero-order valence-electron chi connectivity index (χ0n) is 12.7. The summed E-state index contributed by atoms with van der Waals surface area (Å²) in [4.78, 5) is 16.3. The van der Waals surface area contributed by atoms with Crippen LogP contribution >= 0.6 is 0 Å². The first-order valence-corrected chi connectivity index (χ1v) is 7.36. The molecule has 1 heterocycles. The summed E-state index contributed by atoms with van der Waals surface area (Å²) in [6, 6.07) is 7.90. The van der Waals surface area contributed by atoms with E-state index >= 15 is 0 Å². The molecule has 1 aromatic carbocycles. The maximum atomic E-state index is 12.6. The standard InChI is InChI=1S/C16H25N3O/c1-12-6-5-9-19(11-12)16(20)18(3)13(2)14-7-4-8-15(17)10-14/h4,7-8,10,12-13H,5-6,9,11,17H2,1-3H3. The molecule has 20 heavy (non-hydrogen) atoms. The van der Waals surface area contributed by atoms with Gasteiger partial charge in [0.25, 0.3) is 0 Å². The Kier molecular flexibility index (Phi) is 4.53. The van der Waals surface area contributed by atoms with E-state index in [-0.39, 0.29) is 12.1 Å². The Morgan fingerprint density at radius 3 is 2.90 bits per heavy atom. The molecule has 1 aliphatic rings. The zero-order chi connectivity index (χ0) is 14.7. The minimum absolute atomic E-state index is 0.0308. The summed E-state index contributed by atoms with van der Waals surface area (Å²) in [5.41, 5.74) is 7.63. The SMILES string of the molecule is CC1CCCN(C(=O)N(C)C(C)c2cccc(N)c2)C1. The number of rotatable bonds is 2. The molecule has 2 amide bonds. The summed E-state index contributed by atoms with van der Waals surface area (Å²) in [5.74, 6) is 0.601. The van der Waals surface area contributed by atoms with Gasteiger partial charge in [0.15, 0.2) is 0 Å². The number of nitrogens with two attached hydrogens (primary N) is 1. The predicted molar refractivity (Wildman–Crippen MR) is 82.4 cm³/mol. The molecular formula is C16H25N3O. The lowest BCUT2D eigenvalue weighted by Crippen LogP contribution is -2.46. The van der Waals surface area contributed by atoms with Gasteiger partial charge in [-0.15, -0.1) is 0 Å².